The van der Waals surface area contributed by atoms with Crippen molar-refractivity contribution >= 4 is 57.9 Å². The lowest BCUT2D eigenvalue weighted by Crippen LogP contribution is -2.25. The van der Waals surface area contributed by atoms with Crippen molar-refractivity contribution in [2.24, 2.45) is 5.73 Å². The van der Waals surface area contributed by atoms with Crippen molar-refractivity contribution in [1.82, 2.24) is 34.4 Å². The van der Waals surface area contributed by atoms with Gasteiger partial charge in [0.2, 0.25) is 5.95 Å². The summed E-state index contributed by atoms with van der Waals surface area (Å²) in [6.45, 7) is 1.54. The first-order valence-electron chi connectivity index (χ1n) is 15.4. The number of halogens is 1. The third kappa shape index (κ3) is 6.00. The fourth-order valence-corrected chi connectivity index (χ4v) is 7.33. The van der Waals surface area contributed by atoms with Gasteiger partial charge in [-0.3, -0.25) is 4.79 Å². The van der Waals surface area contributed by atoms with Crippen LogP contribution in [-0.4, -0.2) is 60.9 Å². The summed E-state index contributed by atoms with van der Waals surface area (Å²) < 4.78 is 2.08. The van der Waals surface area contributed by atoms with Gasteiger partial charge in [-0.25, -0.2) is 19.9 Å². The summed E-state index contributed by atoms with van der Waals surface area (Å²) in [4.78, 5) is 40.9. The van der Waals surface area contributed by atoms with Crippen molar-refractivity contribution in [3.63, 3.8) is 0 Å². The van der Waals surface area contributed by atoms with Crippen LogP contribution in [0.5, 0.6) is 0 Å². The first-order valence-corrected chi connectivity index (χ1v) is 16.6. The highest BCUT2D eigenvalue weighted by Crippen LogP contribution is 2.38. The fraction of sp³-hybridized carbons (Fsp3) is 0.333. The van der Waals surface area contributed by atoms with Gasteiger partial charge in [0, 0.05) is 61.9 Å². The van der Waals surface area contributed by atoms with Crippen LogP contribution in [-0.2, 0) is 6.54 Å². The smallest absolute Gasteiger partial charge is 0.270 e. The van der Waals surface area contributed by atoms with Crippen LogP contribution in [0.1, 0.15) is 65.8 Å². The second-order valence-electron chi connectivity index (χ2n) is 11.9. The Bertz CT molecular complexity index is 1890. The second-order valence-corrected chi connectivity index (χ2v) is 13.4. The number of nitrogens with one attached hydrogen (secondary N) is 1. The first-order chi connectivity index (χ1) is 22.4. The summed E-state index contributed by atoms with van der Waals surface area (Å²) in [5.41, 5.74) is 10.2. The lowest BCUT2D eigenvalue weighted by atomic mass is 10.0. The number of anilines is 3. The van der Waals surface area contributed by atoms with Gasteiger partial charge < -0.3 is 25.4 Å². The molecular weight excluding hydrogens is 620 g/mol. The molecule has 1 fully saturated rings. The Morgan fingerprint density at radius 3 is 2.65 bits per heavy atom. The minimum absolute atomic E-state index is 0.00970. The van der Waals surface area contributed by atoms with Crippen molar-refractivity contribution in [3.8, 4) is 0 Å². The molecule has 0 saturated heterocycles. The number of fused-ring (bicyclic) bond motifs is 2. The Hall–Kier alpha value is -4.26. The number of rotatable bonds is 7. The molecule has 1 aromatic carbocycles. The van der Waals surface area contributed by atoms with E-state index in [2.05, 4.69) is 41.9 Å². The summed E-state index contributed by atoms with van der Waals surface area (Å²) in [5.74, 6) is 1.54. The molecule has 1 aliphatic carbocycles. The number of hydrogen-bond donors (Lipinski definition) is 2. The molecule has 0 unspecified atom stereocenters. The maximum absolute atomic E-state index is 13.1. The average molecular weight is 655 g/mol. The standard InChI is InChI=1S/C33H35ClN10OS/c1-42(2)32(45)25-15-21-16-39-33(41-31(21)44(25)22-8-4-5-9-22)40-30-29(34)26(11-13-36-30)46-28-18-37-27(17-38-28)43-14-12-24(35)23-10-6-3-7-20(23)19-43/h3,6-7,10-11,13,15-18,22,24H,4-5,8-9,12,14,19,35H2,1-2H3,(H,36,39,40,41)/t24-/m0/s1. The van der Waals surface area contributed by atoms with E-state index in [0.29, 0.717) is 27.5 Å². The number of aromatic nitrogens is 6. The van der Waals surface area contributed by atoms with Crippen LogP contribution < -0.4 is 16.0 Å². The molecule has 7 rings (SSSR count). The van der Waals surface area contributed by atoms with Gasteiger partial charge in [-0.15, -0.1) is 0 Å². The molecule has 5 heterocycles. The average Bonchev–Trinajstić information content (AvgIpc) is 3.69. The Morgan fingerprint density at radius 2 is 1.87 bits per heavy atom. The number of nitrogens with zero attached hydrogens (tertiary/aromatic N) is 8. The molecule has 0 spiro atoms. The van der Waals surface area contributed by atoms with Gasteiger partial charge in [0.1, 0.15) is 22.2 Å². The molecule has 2 aliphatic rings. The summed E-state index contributed by atoms with van der Waals surface area (Å²) >= 11 is 8.26. The second kappa shape index (κ2) is 12.9. The van der Waals surface area contributed by atoms with E-state index in [4.69, 9.17) is 27.3 Å². The number of hydrogen-bond acceptors (Lipinski definition) is 10. The topological polar surface area (TPSA) is 131 Å². The monoisotopic (exact) mass is 654 g/mol. The van der Waals surface area contributed by atoms with Gasteiger partial charge in [0.25, 0.3) is 5.91 Å². The lowest BCUT2D eigenvalue weighted by Gasteiger charge is -2.21. The predicted molar refractivity (Wildman–Crippen MR) is 181 cm³/mol. The maximum atomic E-state index is 13.1. The molecule has 11 nitrogen and oxygen atoms in total. The Morgan fingerprint density at radius 1 is 1.04 bits per heavy atom. The van der Waals surface area contributed by atoms with E-state index in [1.807, 2.05) is 24.3 Å². The van der Waals surface area contributed by atoms with E-state index in [9.17, 15) is 4.79 Å². The van der Waals surface area contributed by atoms with E-state index in [0.717, 1.165) is 66.9 Å². The summed E-state index contributed by atoms with van der Waals surface area (Å²) in [6, 6.07) is 12.3. The molecule has 13 heteroatoms. The molecule has 4 aromatic heterocycles. The van der Waals surface area contributed by atoms with E-state index in [-0.39, 0.29) is 18.0 Å². The van der Waals surface area contributed by atoms with Crippen molar-refractivity contribution in [3.05, 3.63) is 83.0 Å². The number of carbonyl (C=O) groups excluding carboxylic acids is 1. The summed E-state index contributed by atoms with van der Waals surface area (Å²) in [6.07, 6.45) is 12.1. The minimum atomic E-state index is -0.0501. The third-order valence-electron chi connectivity index (χ3n) is 8.65. The van der Waals surface area contributed by atoms with Crippen molar-refractivity contribution in [2.45, 2.75) is 60.7 Å². The maximum Gasteiger partial charge on any atom is 0.270 e. The van der Waals surface area contributed by atoms with E-state index in [1.54, 1.807) is 43.8 Å². The zero-order valence-corrected chi connectivity index (χ0v) is 27.3. The number of pyridine rings is 1. The van der Waals surface area contributed by atoms with E-state index >= 15 is 0 Å². The van der Waals surface area contributed by atoms with Gasteiger partial charge in [-0.1, -0.05) is 60.5 Å². The van der Waals surface area contributed by atoms with Crippen LogP contribution in [0.2, 0.25) is 5.02 Å². The highest BCUT2D eigenvalue weighted by atomic mass is 35.5. The molecule has 5 aromatic rings. The molecule has 0 bridgehead atoms. The zero-order chi connectivity index (χ0) is 31.8. The van der Waals surface area contributed by atoms with Crippen LogP contribution in [0, 0.1) is 0 Å². The van der Waals surface area contributed by atoms with Crippen LogP contribution in [0.25, 0.3) is 11.0 Å². The first kappa shape index (κ1) is 30.4. The molecule has 1 atom stereocenters. The van der Waals surface area contributed by atoms with Crippen LogP contribution in [0.4, 0.5) is 17.6 Å². The van der Waals surface area contributed by atoms with Gasteiger partial charge >= 0.3 is 0 Å². The van der Waals surface area contributed by atoms with E-state index in [1.165, 1.54) is 22.9 Å². The Kier molecular flexibility index (Phi) is 8.50. The molecule has 1 aliphatic heterocycles. The fourth-order valence-electron chi connectivity index (χ4n) is 6.30. The molecule has 1 saturated carbocycles. The van der Waals surface area contributed by atoms with Crippen molar-refractivity contribution < 1.29 is 4.79 Å². The quantitative estimate of drug-likeness (QED) is 0.203. The molecule has 46 heavy (non-hydrogen) atoms. The normalized spacial score (nSPS) is 16.8. The van der Waals surface area contributed by atoms with Crippen molar-refractivity contribution in [2.75, 3.05) is 30.9 Å². The summed E-state index contributed by atoms with van der Waals surface area (Å²) in [5, 5.41) is 5.15. The van der Waals surface area contributed by atoms with Crippen LogP contribution in [0.15, 0.2) is 71.1 Å². The molecule has 1 amide bonds. The Labute approximate surface area is 276 Å². The van der Waals surface area contributed by atoms with Crippen LogP contribution >= 0.6 is 23.4 Å². The number of amides is 1. The number of carbonyl (C=O) groups is 1. The van der Waals surface area contributed by atoms with Gasteiger partial charge in [-0.2, -0.15) is 4.98 Å². The van der Waals surface area contributed by atoms with Gasteiger partial charge in [-0.05, 0) is 42.5 Å². The van der Waals surface area contributed by atoms with Crippen LogP contribution in [0.3, 0.4) is 0 Å². The Balaban J connectivity index is 1.10. The largest absolute Gasteiger partial charge is 0.351 e. The molecule has 0 radical (unpaired) electrons. The molecular formula is C33H35ClN10OS. The number of nitrogens with two attached hydrogens (primary N) is 1. The predicted octanol–water partition coefficient (Wildman–Crippen LogP) is 6.39. The molecule has 3 N–H and O–H groups in total. The van der Waals surface area contributed by atoms with Gasteiger partial charge in [0.15, 0.2) is 5.82 Å². The summed E-state index contributed by atoms with van der Waals surface area (Å²) in [7, 11) is 3.53. The minimum Gasteiger partial charge on any atom is -0.351 e. The van der Waals surface area contributed by atoms with Crippen molar-refractivity contribution in [1.29, 1.82) is 0 Å². The lowest BCUT2D eigenvalue weighted by molar-refractivity contribution is 0.0815. The van der Waals surface area contributed by atoms with Gasteiger partial charge in [0.05, 0.1) is 17.4 Å². The molecule has 236 valence electrons. The zero-order valence-electron chi connectivity index (χ0n) is 25.7. The third-order valence-corrected chi connectivity index (χ3v) is 10.1. The highest BCUT2D eigenvalue weighted by Gasteiger charge is 2.27. The van der Waals surface area contributed by atoms with E-state index < -0.39 is 0 Å². The number of benzene rings is 1. The SMILES string of the molecule is CN(C)C(=O)c1cc2cnc(Nc3nccc(Sc4cnc(N5CC[C@H](N)c6ccccc6C5)cn4)c3Cl)nc2n1C1CCCC1. The highest BCUT2D eigenvalue weighted by molar-refractivity contribution is 7.99.